The molecule has 0 fully saturated rings. The van der Waals surface area contributed by atoms with Crippen LogP contribution in [0.3, 0.4) is 0 Å². The molecule has 1 unspecified atom stereocenters. The first-order valence-corrected chi connectivity index (χ1v) is 7.42. The van der Waals surface area contributed by atoms with Crippen molar-refractivity contribution in [2.45, 2.75) is 25.6 Å². The van der Waals surface area contributed by atoms with Crippen LogP contribution in [0.15, 0.2) is 24.3 Å². The Morgan fingerprint density at radius 1 is 1.36 bits per heavy atom. The lowest BCUT2D eigenvalue weighted by Gasteiger charge is -2.15. The smallest absolute Gasteiger partial charge is 0.384 e. The summed E-state index contributed by atoms with van der Waals surface area (Å²) in [5, 5.41) is 3.65. The summed E-state index contributed by atoms with van der Waals surface area (Å²) in [4.78, 5) is 4.28. The monoisotopic (exact) mass is 331 g/mol. The van der Waals surface area contributed by atoms with E-state index >= 15 is 0 Å². The molecule has 0 spiro atoms. The van der Waals surface area contributed by atoms with Crippen molar-refractivity contribution < 1.29 is 17.9 Å². The first-order valence-electron chi connectivity index (χ1n) is 6.65. The fourth-order valence-corrected chi connectivity index (χ4v) is 2.56. The number of ether oxygens (including phenoxy) is 1. The molecule has 120 valence electrons. The maximum Gasteiger partial charge on any atom is 0.416 e. The van der Waals surface area contributed by atoms with Gasteiger partial charge in [-0.1, -0.05) is 12.1 Å². The van der Waals surface area contributed by atoms with Gasteiger partial charge in [0, 0.05) is 25.1 Å². The van der Waals surface area contributed by atoms with Crippen LogP contribution < -0.4 is 5.32 Å². The highest BCUT2D eigenvalue weighted by atomic mass is 32.1. The SMILES string of the molecule is COCCc1nsc(NC(C)c2cccc(C(F)(F)F)c2)n1. The zero-order valence-electron chi connectivity index (χ0n) is 12.1. The van der Waals surface area contributed by atoms with Crippen LogP contribution in [0.2, 0.25) is 0 Å². The van der Waals surface area contributed by atoms with Crippen molar-refractivity contribution in [1.29, 1.82) is 0 Å². The minimum Gasteiger partial charge on any atom is -0.384 e. The van der Waals surface area contributed by atoms with Gasteiger partial charge in [0.05, 0.1) is 18.2 Å². The van der Waals surface area contributed by atoms with E-state index in [1.54, 1.807) is 20.1 Å². The van der Waals surface area contributed by atoms with Crippen molar-refractivity contribution in [2.75, 3.05) is 19.0 Å². The van der Waals surface area contributed by atoms with Crippen LogP contribution in [0.4, 0.5) is 18.3 Å². The number of rotatable bonds is 6. The van der Waals surface area contributed by atoms with Gasteiger partial charge in [-0.2, -0.15) is 17.5 Å². The summed E-state index contributed by atoms with van der Waals surface area (Å²) in [6.07, 6.45) is -3.74. The zero-order chi connectivity index (χ0) is 16.2. The van der Waals surface area contributed by atoms with E-state index in [-0.39, 0.29) is 6.04 Å². The average Bonchev–Trinajstić information content (AvgIpc) is 2.92. The molecular formula is C14H16F3N3OS. The molecule has 2 aromatic rings. The second-order valence-electron chi connectivity index (χ2n) is 4.75. The molecule has 1 atom stereocenters. The molecule has 8 heteroatoms. The number of nitrogens with zero attached hydrogens (tertiary/aromatic N) is 2. The third kappa shape index (κ3) is 4.41. The van der Waals surface area contributed by atoms with Crippen molar-refractivity contribution in [3.63, 3.8) is 0 Å². The third-order valence-corrected chi connectivity index (χ3v) is 3.74. The number of methoxy groups -OCH3 is 1. The van der Waals surface area contributed by atoms with Crippen molar-refractivity contribution >= 4 is 16.7 Å². The van der Waals surface area contributed by atoms with Gasteiger partial charge in [-0.3, -0.25) is 0 Å². The molecule has 1 heterocycles. The summed E-state index contributed by atoms with van der Waals surface area (Å²) >= 11 is 1.18. The Bertz CT molecular complexity index is 615. The predicted molar refractivity (Wildman–Crippen MR) is 79.0 cm³/mol. The van der Waals surface area contributed by atoms with E-state index in [0.29, 0.717) is 29.5 Å². The summed E-state index contributed by atoms with van der Waals surface area (Å²) in [6.45, 7) is 2.31. The molecule has 1 N–H and O–H groups in total. The maximum atomic E-state index is 12.7. The second-order valence-corrected chi connectivity index (χ2v) is 5.50. The van der Waals surface area contributed by atoms with E-state index < -0.39 is 11.7 Å². The van der Waals surface area contributed by atoms with E-state index in [1.165, 1.54) is 17.6 Å². The molecule has 0 bridgehead atoms. The topological polar surface area (TPSA) is 47.0 Å². The van der Waals surface area contributed by atoms with Crippen LogP contribution in [0, 0.1) is 0 Å². The predicted octanol–water partition coefficient (Wildman–Crippen LogP) is 3.92. The number of anilines is 1. The summed E-state index contributed by atoms with van der Waals surface area (Å²) in [6, 6.07) is 4.96. The van der Waals surface area contributed by atoms with Crippen LogP contribution in [0.25, 0.3) is 0 Å². The number of aromatic nitrogens is 2. The van der Waals surface area contributed by atoms with Gasteiger partial charge >= 0.3 is 6.18 Å². The standard InChI is InChI=1S/C14H16F3N3OS/c1-9(10-4-3-5-11(8-10)14(15,16)17)18-13-19-12(20-22-13)6-7-21-2/h3-5,8-9H,6-7H2,1-2H3,(H,18,19,20). The maximum absolute atomic E-state index is 12.7. The van der Waals surface area contributed by atoms with Gasteiger partial charge in [-0.05, 0) is 24.6 Å². The molecule has 1 aromatic heterocycles. The van der Waals surface area contributed by atoms with Gasteiger partial charge < -0.3 is 10.1 Å². The first-order chi connectivity index (χ1) is 10.4. The Kier molecular flexibility index (Phi) is 5.36. The summed E-state index contributed by atoms with van der Waals surface area (Å²) in [7, 11) is 1.60. The Hall–Kier alpha value is -1.67. The van der Waals surface area contributed by atoms with Crippen molar-refractivity contribution in [1.82, 2.24) is 9.36 Å². The lowest BCUT2D eigenvalue weighted by Crippen LogP contribution is -2.10. The minimum absolute atomic E-state index is 0.300. The lowest BCUT2D eigenvalue weighted by atomic mass is 10.1. The van der Waals surface area contributed by atoms with Gasteiger partial charge in [-0.15, -0.1) is 0 Å². The third-order valence-electron chi connectivity index (χ3n) is 3.05. The Labute approximate surface area is 130 Å². The molecule has 0 aliphatic carbocycles. The largest absolute Gasteiger partial charge is 0.416 e. The van der Waals surface area contributed by atoms with Crippen molar-refractivity contribution in [3.8, 4) is 0 Å². The van der Waals surface area contributed by atoms with Crippen LogP contribution in [-0.2, 0) is 17.3 Å². The van der Waals surface area contributed by atoms with Gasteiger partial charge in [0.25, 0.3) is 0 Å². The zero-order valence-corrected chi connectivity index (χ0v) is 13.0. The lowest BCUT2D eigenvalue weighted by molar-refractivity contribution is -0.137. The molecule has 22 heavy (non-hydrogen) atoms. The summed E-state index contributed by atoms with van der Waals surface area (Å²) < 4.78 is 47.3. The normalized spacial score (nSPS) is 13.1. The van der Waals surface area contributed by atoms with Crippen LogP contribution in [0.5, 0.6) is 0 Å². The fraction of sp³-hybridized carbons (Fsp3) is 0.429. The first kappa shape index (κ1) is 16.7. The number of hydrogen-bond donors (Lipinski definition) is 1. The van der Waals surface area contributed by atoms with Gasteiger partial charge in [-0.25, -0.2) is 4.98 Å². The average molecular weight is 331 g/mol. The van der Waals surface area contributed by atoms with Crippen LogP contribution >= 0.6 is 11.5 Å². The number of alkyl halides is 3. The molecule has 0 saturated heterocycles. The number of halogens is 3. The summed E-state index contributed by atoms with van der Waals surface area (Å²) in [5.41, 5.74) is -0.111. The van der Waals surface area contributed by atoms with Gasteiger partial charge in [0.15, 0.2) is 0 Å². The Balaban J connectivity index is 2.05. The Morgan fingerprint density at radius 3 is 2.82 bits per heavy atom. The van der Waals surface area contributed by atoms with Crippen LogP contribution in [-0.4, -0.2) is 23.1 Å². The van der Waals surface area contributed by atoms with Crippen LogP contribution in [0.1, 0.15) is 29.9 Å². The number of nitrogens with one attached hydrogen (secondary N) is 1. The molecule has 1 aromatic carbocycles. The molecule has 0 amide bonds. The minimum atomic E-state index is -4.34. The number of hydrogen-bond acceptors (Lipinski definition) is 5. The van der Waals surface area contributed by atoms with Gasteiger partial charge in [0.1, 0.15) is 5.82 Å². The van der Waals surface area contributed by atoms with Crippen molar-refractivity contribution in [3.05, 3.63) is 41.2 Å². The van der Waals surface area contributed by atoms with E-state index in [1.807, 2.05) is 0 Å². The van der Waals surface area contributed by atoms with Gasteiger partial charge in [0.2, 0.25) is 5.13 Å². The van der Waals surface area contributed by atoms with E-state index in [9.17, 15) is 13.2 Å². The molecule has 4 nitrogen and oxygen atoms in total. The molecule has 0 saturated carbocycles. The van der Waals surface area contributed by atoms with E-state index in [2.05, 4.69) is 14.7 Å². The molecular weight excluding hydrogens is 315 g/mol. The quantitative estimate of drug-likeness (QED) is 0.871. The van der Waals surface area contributed by atoms with E-state index in [0.717, 1.165) is 12.1 Å². The Morgan fingerprint density at radius 2 is 2.14 bits per heavy atom. The highest BCUT2D eigenvalue weighted by molar-refractivity contribution is 7.09. The highest BCUT2D eigenvalue weighted by Gasteiger charge is 2.30. The summed E-state index contributed by atoms with van der Waals surface area (Å²) in [5.74, 6) is 0.658. The fourth-order valence-electron chi connectivity index (χ4n) is 1.86. The highest BCUT2D eigenvalue weighted by Crippen LogP contribution is 2.31. The molecule has 0 aliphatic heterocycles. The molecule has 0 radical (unpaired) electrons. The van der Waals surface area contributed by atoms with Crippen molar-refractivity contribution in [2.24, 2.45) is 0 Å². The van der Waals surface area contributed by atoms with E-state index in [4.69, 9.17) is 4.74 Å². The molecule has 2 rings (SSSR count). The second kappa shape index (κ2) is 7.06. The number of benzene rings is 1. The molecule has 0 aliphatic rings.